The zero-order valence-corrected chi connectivity index (χ0v) is 25.4. The number of carbonyl (C=O) groups is 2. The molecule has 1 aliphatic rings. The normalized spacial score (nSPS) is 14.3. The minimum Gasteiger partial charge on any atom is -0.486 e. The number of ether oxygens (including phenoxy) is 1. The largest absolute Gasteiger partial charge is 0.486 e. The van der Waals surface area contributed by atoms with E-state index in [1.165, 1.54) is 6.07 Å². The van der Waals surface area contributed by atoms with Crippen LogP contribution >= 0.6 is 90.6 Å². The summed E-state index contributed by atoms with van der Waals surface area (Å²) in [6, 6.07) is 15.0. The quantitative estimate of drug-likeness (QED) is 0.197. The average molecular weight is 723 g/mol. The van der Waals surface area contributed by atoms with Crippen molar-refractivity contribution in [3.63, 3.8) is 0 Å². The lowest BCUT2D eigenvalue weighted by atomic mass is 10.2. The molecule has 4 rings (SSSR count). The molecule has 0 saturated carbocycles. The van der Waals surface area contributed by atoms with Crippen LogP contribution in [0, 0.1) is 0 Å². The second kappa shape index (κ2) is 12.4. The number of hydrazine groups is 1. The fraction of sp³-hybridized carbons (Fsp3) is 0.0417. The highest BCUT2D eigenvalue weighted by molar-refractivity contribution is 9.11. The van der Waals surface area contributed by atoms with Gasteiger partial charge in [-0.2, -0.15) is 5.01 Å². The lowest BCUT2D eigenvalue weighted by molar-refractivity contribution is -0.123. The van der Waals surface area contributed by atoms with Crippen LogP contribution in [0.3, 0.4) is 0 Å². The third-order valence-corrected chi connectivity index (χ3v) is 8.42. The Hall–Kier alpha value is -1.79. The molecule has 2 N–H and O–H groups in total. The maximum absolute atomic E-state index is 12.9. The van der Waals surface area contributed by atoms with Gasteiger partial charge in [-0.05, 0) is 92.1 Å². The Kier molecular flexibility index (Phi) is 9.44. The number of anilines is 1. The molecule has 190 valence electrons. The van der Waals surface area contributed by atoms with E-state index in [4.69, 9.17) is 51.8 Å². The summed E-state index contributed by atoms with van der Waals surface area (Å²) in [7, 11) is 0. The van der Waals surface area contributed by atoms with Gasteiger partial charge in [-0.25, -0.2) is 10.2 Å². The van der Waals surface area contributed by atoms with Gasteiger partial charge in [0.1, 0.15) is 12.4 Å². The molecule has 3 amide bonds. The first-order valence-electron chi connectivity index (χ1n) is 10.3. The molecule has 0 radical (unpaired) electrons. The van der Waals surface area contributed by atoms with E-state index < -0.39 is 11.9 Å². The summed E-state index contributed by atoms with van der Waals surface area (Å²) in [5, 5.41) is 4.84. The first-order chi connectivity index (χ1) is 17.6. The summed E-state index contributed by atoms with van der Waals surface area (Å²) in [6.45, 7) is 0.283. The molecule has 0 atom stereocenters. The lowest BCUT2D eigenvalue weighted by Gasteiger charge is -2.16. The number of carbonyl (C=O) groups excluding carboxylic acids is 2. The van der Waals surface area contributed by atoms with Gasteiger partial charge in [0, 0.05) is 16.3 Å². The van der Waals surface area contributed by atoms with Crippen LogP contribution in [0.1, 0.15) is 11.1 Å². The van der Waals surface area contributed by atoms with Crippen LogP contribution in [0.25, 0.3) is 6.08 Å². The monoisotopic (exact) mass is 719 g/mol. The molecular weight excluding hydrogens is 709 g/mol. The highest BCUT2D eigenvalue weighted by Crippen LogP contribution is 2.38. The van der Waals surface area contributed by atoms with Crippen molar-refractivity contribution in [2.45, 2.75) is 6.61 Å². The molecule has 1 saturated heterocycles. The number of hydrogen-bond acceptors (Lipinski definition) is 5. The van der Waals surface area contributed by atoms with Crippen molar-refractivity contribution < 1.29 is 14.3 Å². The van der Waals surface area contributed by atoms with Crippen LogP contribution < -0.4 is 15.5 Å². The number of urea groups is 1. The Morgan fingerprint density at radius 1 is 1.03 bits per heavy atom. The van der Waals surface area contributed by atoms with Crippen LogP contribution in [0.15, 0.2) is 68.4 Å². The molecule has 0 aromatic heterocycles. The number of thioether (sulfide) groups is 1. The predicted octanol–water partition coefficient (Wildman–Crippen LogP) is 8.69. The zero-order chi connectivity index (χ0) is 26.7. The van der Waals surface area contributed by atoms with Crippen molar-refractivity contribution >= 4 is 119 Å². The average Bonchev–Trinajstić information content (AvgIpc) is 3.09. The summed E-state index contributed by atoms with van der Waals surface area (Å²) in [5.74, 6) is 0.121. The van der Waals surface area contributed by atoms with E-state index in [1.54, 1.807) is 24.3 Å². The van der Waals surface area contributed by atoms with Gasteiger partial charge in [-0.1, -0.05) is 64.8 Å². The van der Waals surface area contributed by atoms with Gasteiger partial charge in [0.2, 0.25) is 0 Å². The van der Waals surface area contributed by atoms with Gasteiger partial charge < -0.3 is 10.1 Å². The fourth-order valence-corrected chi connectivity index (χ4v) is 6.23. The Labute approximate surface area is 253 Å². The molecule has 0 aliphatic carbocycles. The van der Waals surface area contributed by atoms with Crippen LogP contribution in [-0.2, 0) is 11.4 Å². The molecule has 3 aromatic carbocycles. The van der Waals surface area contributed by atoms with E-state index in [1.807, 2.05) is 30.3 Å². The molecule has 6 nitrogen and oxygen atoms in total. The number of thiocarbonyl (C=S) groups is 1. The summed E-state index contributed by atoms with van der Waals surface area (Å²) in [5.41, 5.74) is 4.42. The van der Waals surface area contributed by atoms with Crippen molar-refractivity contribution in [2.24, 2.45) is 0 Å². The summed E-state index contributed by atoms with van der Waals surface area (Å²) in [6.07, 6.45) is 1.67. The van der Waals surface area contributed by atoms with Crippen molar-refractivity contribution in [1.82, 2.24) is 10.4 Å². The van der Waals surface area contributed by atoms with E-state index in [0.29, 0.717) is 40.9 Å². The SMILES string of the molecule is O=C(Nc1ccc(Cl)c(Cl)c1)NN1C(=O)/C(=C\c2cc(Br)c(OCc3ccccc3Cl)c(Br)c2)SC1=S. The minimum atomic E-state index is -0.665. The first-order valence-corrected chi connectivity index (χ1v) is 14.2. The van der Waals surface area contributed by atoms with Crippen LogP contribution in [-0.4, -0.2) is 21.3 Å². The fourth-order valence-electron chi connectivity index (χ4n) is 3.12. The van der Waals surface area contributed by atoms with Crippen LogP contribution in [0.2, 0.25) is 15.1 Å². The van der Waals surface area contributed by atoms with Crippen molar-refractivity contribution in [2.75, 3.05) is 5.32 Å². The van der Waals surface area contributed by atoms with Gasteiger partial charge in [-0.15, -0.1) is 0 Å². The van der Waals surface area contributed by atoms with Gasteiger partial charge in [0.25, 0.3) is 5.91 Å². The predicted molar refractivity (Wildman–Crippen MR) is 161 cm³/mol. The highest BCUT2D eigenvalue weighted by atomic mass is 79.9. The maximum Gasteiger partial charge on any atom is 0.338 e. The Bertz CT molecular complexity index is 1430. The second-order valence-corrected chi connectivity index (χ2v) is 12.0. The highest BCUT2D eigenvalue weighted by Gasteiger charge is 2.33. The van der Waals surface area contributed by atoms with E-state index >= 15 is 0 Å². The van der Waals surface area contributed by atoms with Gasteiger partial charge in [0.05, 0.1) is 23.9 Å². The van der Waals surface area contributed by atoms with E-state index in [-0.39, 0.29) is 16.0 Å². The molecule has 1 aliphatic heterocycles. The number of nitrogens with zero attached hydrogens (tertiary/aromatic N) is 1. The Morgan fingerprint density at radius 3 is 2.41 bits per heavy atom. The summed E-state index contributed by atoms with van der Waals surface area (Å²) in [4.78, 5) is 25.7. The first kappa shape index (κ1) is 28.2. The summed E-state index contributed by atoms with van der Waals surface area (Å²) < 4.78 is 7.48. The number of nitrogens with one attached hydrogen (secondary N) is 2. The minimum absolute atomic E-state index is 0.179. The number of halogens is 5. The third-order valence-electron chi connectivity index (χ3n) is 4.83. The third kappa shape index (κ3) is 7.00. The van der Waals surface area contributed by atoms with Gasteiger partial charge in [0.15, 0.2) is 4.32 Å². The standard InChI is InChI=1S/C24H14Br2Cl3N3O3S2/c25-15-7-12(8-16(26)21(15)35-11-13-3-1-2-4-17(13)27)9-20-22(33)32(24(36)37-20)31-23(34)30-14-5-6-18(28)19(29)10-14/h1-10H,11H2,(H2,30,31,34)/b20-9+. The van der Waals surface area contributed by atoms with Gasteiger partial charge >= 0.3 is 6.03 Å². The zero-order valence-electron chi connectivity index (χ0n) is 18.4. The topological polar surface area (TPSA) is 70.7 Å². The molecule has 1 heterocycles. The molecular formula is C24H14Br2Cl3N3O3S2. The van der Waals surface area contributed by atoms with E-state index in [2.05, 4.69) is 42.6 Å². The van der Waals surface area contributed by atoms with Crippen molar-refractivity contribution in [3.8, 4) is 5.75 Å². The summed E-state index contributed by atoms with van der Waals surface area (Å²) >= 11 is 31.5. The lowest BCUT2D eigenvalue weighted by Crippen LogP contribution is -2.46. The van der Waals surface area contributed by atoms with Crippen LogP contribution in [0.4, 0.5) is 10.5 Å². The number of amides is 3. The molecule has 0 bridgehead atoms. The molecule has 0 spiro atoms. The second-order valence-electron chi connectivity index (χ2n) is 7.41. The van der Waals surface area contributed by atoms with Crippen molar-refractivity contribution in [1.29, 1.82) is 0 Å². The maximum atomic E-state index is 12.9. The van der Waals surface area contributed by atoms with E-state index in [0.717, 1.165) is 22.3 Å². The number of hydrogen-bond donors (Lipinski definition) is 2. The molecule has 37 heavy (non-hydrogen) atoms. The smallest absolute Gasteiger partial charge is 0.338 e. The van der Waals surface area contributed by atoms with E-state index in [9.17, 15) is 9.59 Å². The number of benzene rings is 3. The Balaban J connectivity index is 1.44. The van der Waals surface area contributed by atoms with Crippen molar-refractivity contribution in [3.05, 3.63) is 94.6 Å². The Morgan fingerprint density at radius 2 is 1.73 bits per heavy atom. The molecule has 3 aromatic rings. The number of rotatable bonds is 6. The molecule has 1 fully saturated rings. The van der Waals surface area contributed by atoms with Gasteiger partial charge in [-0.3, -0.25) is 4.79 Å². The molecule has 0 unspecified atom stereocenters. The molecule has 13 heteroatoms. The van der Waals surface area contributed by atoms with Crippen LogP contribution in [0.5, 0.6) is 5.75 Å².